The minimum atomic E-state index is -0.849. The number of carbonyl (C=O) groups is 1. The highest BCUT2D eigenvalue weighted by Crippen LogP contribution is 2.20. The fourth-order valence-electron chi connectivity index (χ4n) is 1.04. The molecule has 0 radical (unpaired) electrons. The molecule has 1 N–H and O–H groups in total. The molecule has 0 aliphatic heterocycles. The van der Waals surface area contributed by atoms with Crippen LogP contribution in [0.15, 0.2) is 24.3 Å². The van der Waals surface area contributed by atoms with Crippen molar-refractivity contribution in [1.29, 1.82) is 0 Å². The molecule has 2 atom stereocenters. The van der Waals surface area contributed by atoms with Crippen molar-refractivity contribution in [2.75, 3.05) is 0 Å². The third-order valence-corrected chi connectivity index (χ3v) is 1.92. The molecule has 0 aromatic heterocycles. The quantitative estimate of drug-likeness (QED) is 0.722. The van der Waals surface area contributed by atoms with E-state index < -0.39 is 12.0 Å². The van der Waals surface area contributed by atoms with Crippen molar-refractivity contribution in [3.05, 3.63) is 35.6 Å². The number of aldehydes is 1. The summed E-state index contributed by atoms with van der Waals surface area (Å²) in [4.78, 5) is 10.4. The van der Waals surface area contributed by atoms with Crippen LogP contribution in [0.1, 0.15) is 18.6 Å². The molecule has 0 bridgehead atoms. The summed E-state index contributed by atoms with van der Waals surface area (Å²) in [5.41, 5.74) is 0.556. The molecule has 0 unspecified atom stereocenters. The summed E-state index contributed by atoms with van der Waals surface area (Å²) in [7, 11) is 0. The fourth-order valence-corrected chi connectivity index (χ4v) is 1.04. The van der Waals surface area contributed by atoms with Crippen LogP contribution in [0.3, 0.4) is 0 Å². The Labute approximate surface area is 76.0 Å². The van der Waals surface area contributed by atoms with Crippen molar-refractivity contribution in [3.63, 3.8) is 0 Å². The summed E-state index contributed by atoms with van der Waals surface area (Å²) < 4.78 is 12.5. The number of hydrogen-bond donors (Lipinski definition) is 1. The van der Waals surface area contributed by atoms with E-state index in [2.05, 4.69) is 0 Å². The van der Waals surface area contributed by atoms with Gasteiger partial charge in [-0.1, -0.05) is 19.1 Å². The third kappa shape index (κ3) is 2.36. The second-order valence-corrected chi connectivity index (χ2v) is 2.99. The van der Waals surface area contributed by atoms with E-state index in [0.717, 1.165) is 0 Å². The molecule has 2 nitrogen and oxygen atoms in total. The molecule has 1 aromatic carbocycles. The number of aliphatic hydroxyl groups is 1. The van der Waals surface area contributed by atoms with Gasteiger partial charge in [0.05, 0.1) is 6.10 Å². The van der Waals surface area contributed by atoms with Gasteiger partial charge in [0.1, 0.15) is 12.1 Å². The van der Waals surface area contributed by atoms with Gasteiger partial charge >= 0.3 is 0 Å². The number of halogens is 1. The summed E-state index contributed by atoms with van der Waals surface area (Å²) in [6.07, 6.45) is -0.174. The number of carbonyl (C=O) groups excluding carboxylic acids is 1. The van der Waals surface area contributed by atoms with Crippen molar-refractivity contribution in [3.8, 4) is 0 Å². The van der Waals surface area contributed by atoms with Crippen LogP contribution in [-0.2, 0) is 4.79 Å². The second-order valence-electron chi connectivity index (χ2n) is 2.99. The maximum Gasteiger partial charge on any atom is 0.125 e. The molecule has 70 valence electrons. The van der Waals surface area contributed by atoms with E-state index in [-0.39, 0.29) is 5.82 Å². The zero-order chi connectivity index (χ0) is 9.84. The predicted molar refractivity (Wildman–Crippen MR) is 46.6 cm³/mol. The topological polar surface area (TPSA) is 37.3 Å². The summed E-state index contributed by atoms with van der Waals surface area (Å²) in [6.45, 7) is 1.61. The molecule has 0 saturated heterocycles. The van der Waals surface area contributed by atoms with Gasteiger partial charge in [-0.15, -0.1) is 0 Å². The minimum Gasteiger partial charge on any atom is -0.388 e. The third-order valence-electron chi connectivity index (χ3n) is 1.92. The average molecular weight is 182 g/mol. The lowest BCUT2D eigenvalue weighted by Crippen LogP contribution is -2.09. The normalized spacial score (nSPS) is 15.0. The molecular weight excluding hydrogens is 171 g/mol. The maximum atomic E-state index is 12.5. The van der Waals surface area contributed by atoms with Crippen LogP contribution >= 0.6 is 0 Å². The molecule has 3 heteroatoms. The minimum absolute atomic E-state index is 0.352. The summed E-state index contributed by atoms with van der Waals surface area (Å²) >= 11 is 0. The zero-order valence-electron chi connectivity index (χ0n) is 7.27. The Hall–Kier alpha value is -1.22. The highest BCUT2D eigenvalue weighted by atomic mass is 19.1. The molecule has 0 saturated carbocycles. The lowest BCUT2D eigenvalue weighted by atomic mass is 9.99. The second kappa shape index (κ2) is 4.14. The van der Waals surface area contributed by atoms with Gasteiger partial charge in [-0.25, -0.2) is 4.39 Å². The Kier molecular flexibility index (Phi) is 3.14. The lowest BCUT2D eigenvalue weighted by molar-refractivity contribution is -0.113. The molecule has 0 amide bonds. The first-order valence-corrected chi connectivity index (χ1v) is 4.04. The van der Waals surface area contributed by atoms with Crippen molar-refractivity contribution < 1.29 is 14.3 Å². The van der Waals surface area contributed by atoms with Gasteiger partial charge in [0.15, 0.2) is 0 Å². The van der Waals surface area contributed by atoms with Gasteiger partial charge in [0.2, 0.25) is 0 Å². The maximum absolute atomic E-state index is 12.5. The van der Waals surface area contributed by atoms with Crippen LogP contribution in [0.5, 0.6) is 0 Å². The van der Waals surface area contributed by atoms with Crippen molar-refractivity contribution in [2.45, 2.75) is 13.0 Å². The molecule has 0 heterocycles. The number of rotatable bonds is 3. The van der Waals surface area contributed by atoms with E-state index in [0.29, 0.717) is 11.8 Å². The Balaban J connectivity index is 2.82. The first-order valence-electron chi connectivity index (χ1n) is 4.04. The van der Waals surface area contributed by atoms with E-state index in [9.17, 15) is 14.3 Å². The zero-order valence-corrected chi connectivity index (χ0v) is 7.27. The molecular formula is C10H11FO2. The number of benzene rings is 1. The van der Waals surface area contributed by atoms with Crippen molar-refractivity contribution in [2.24, 2.45) is 5.92 Å². The fraction of sp³-hybridized carbons (Fsp3) is 0.300. The van der Waals surface area contributed by atoms with Crippen LogP contribution < -0.4 is 0 Å². The number of aliphatic hydroxyl groups excluding tert-OH is 1. The summed E-state index contributed by atoms with van der Waals surface area (Å²) in [6, 6.07) is 5.46. The van der Waals surface area contributed by atoms with Crippen LogP contribution in [0.25, 0.3) is 0 Å². The van der Waals surface area contributed by atoms with Gasteiger partial charge in [-0.05, 0) is 17.7 Å². The smallest absolute Gasteiger partial charge is 0.125 e. The predicted octanol–water partition coefficient (Wildman–Crippen LogP) is 1.69. The average Bonchev–Trinajstić information content (AvgIpc) is 2.17. The van der Waals surface area contributed by atoms with E-state index in [4.69, 9.17) is 0 Å². The van der Waals surface area contributed by atoms with Gasteiger partial charge in [-0.2, -0.15) is 0 Å². The standard InChI is InChI=1S/C10H11FO2/c1-7(6-12)10(13)8-2-4-9(11)5-3-8/h2-7,10,13H,1H3/t7-,10+/m1/s1. The molecule has 1 aromatic rings. The van der Waals surface area contributed by atoms with Gasteiger partial charge in [-0.3, -0.25) is 0 Å². The molecule has 0 fully saturated rings. The van der Waals surface area contributed by atoms with E-state index in [1.54, 1.807) is 6.92 Å². The van der Waals surface area contributed by atoms with Crippen LogP contribution in [0, 0.1) is 11.7 Å². The Morgan fingerprint density at radius 1 is 1.38 bits per heavy atom. The first kappa shape index (κ1) is 9.86. The molecule has 0 aliphatic carbocycles. The molecule has 13 heavy (non-hydrogen) atoms. The molecule has 0 aliphatic rings. The van der Waals surface area contributed by atoms with Gasteiger partial charge < -0.3 is 9.90 Å². The van der Waals surface area contributed by atoms with Crippen molar-refractivity contribution in [1.82, 2.24) is 0 Å². The monoisotopic (exact) mass is 182 g/mol. The summed E-state index contributed by atoms with van der Waals surface area (Å²) in [5, 5.41) is 9.53. The Morgan fingerprint density at radius 3 is 2.38 bits per heavy atom. The van der Waals surface area contributed by atoms with Crippen LogP contribution in [-0.4, -0.2) is 11.4 Å². The van der Waals surface area contributed by atoms with Crippen LogP contribution in [0.2, 0.25) is 0 Å². The van der Waals surface area contributed by atoms with E-state index in [1.165, 1.54) is 24.3 Å². The lowest BCUT2D eigenvalue weighted by Gasteiger charge is -2.13. The van der Waals surface area contributed by atoms with Gasteiger partial charge in [0.25, 0.3) is 0 Å². The van der Waals surface area contributed by atoms with E-state index in [1.807, 2.05) is 0 Å². The van der Waals surface area contributed by atoms with Gasteiger partial charge in [0, 0.05) is 5.92 Å². The van der Waals surface area contributed by atoms with Crippen molar-refractivity contribution >= 4 is 6.29 Å². The SMILES string of the molecule is C[C@H](C=O)[C@H](O)c1ccc(F)cc1. The number of hydrogen-bond acceptors (Lipinski definition) is 2. The first-order chi connectivity index (χ1) is 6.15. The van der Waals surface area contributed by atoms with E-state index >= 15 is 0 Å². The summed E-state index contributed by atoms with van der Waals surface area (Å²) in [5.74, 6) is -0.819. The highest BCUT2D eigenvalue weighted by molar-refractivity contribution is 5.54. The Bertz CT molecular complexity index is 281. The van der Waals surface area contributed by atoms with Crippen LogP contribution in [0.4, 0.5) is 4.39 Å². The Morgan fingerprint density at radius 2 is 1.92 bits per heavy atom. The molecule has 1 rings (SSSR count). The molecule has 0 spiro atoms. The largest absolute Gasteiger partial charge is 0.388 e. The highest BCUT2D eigenvalue weighted by Gasteiger charge is 2.14.